The fourth-order valence-electron chi connectivity index (χ4n) is 2.82. The zero-order chi connectivity index (χ0) is 8.89. The molecule has 0 radical (unpaired) electrons. The number of hydrogen-bond acceptors (Lipinski definition) is 4. The number of hydrogen-bond donors (Lipinski definition) is 1. The molecule has 2 atom stereocenters. The van der Waals surface area contributed by atoms with Crippen molar-refractivity contribution in [2.75, 3.05) is 19.6 Å². The normalized spacial score (nSPS) is 53.5. The summed E-state index contributed by atoms with van der Waals surface area (Å²) in [6.45, 7) is 3.44. The Morgan fingerprint density at radius 2 is 2.23 bits per heavy atom. The molecule has 3 fully saturated rings. The van der Waals surface area contributed by atoms with E-state index >= 15 is 0 Å². The number of fused-ring (bicyclic) bond motifs is 2. The van der Waals surface area contributed by atoms with Crippen molar-refractivity contribution in [3.63, 3.8) is 0 Å². The molecule has 72 valence electrons. The quantitative estimate of drug-likeness (QED) is 0.563. The number of aliphatic imine (C=N–C) groups is 1. The molecular formula is C9H15N3O. The Kier molecular flexibility index (Phi) is 1.54. The predicted octanol–water partition coefficient (Wildman–Crippen LogP) is -0.206. The van der Waals surface area contributed by atoms with Crippen molar-refractivity contribution < 1.29 is 4.74 Å². The summed E-state index contributed by atoms with van der Waals surface area (Å²) in [5.41, 5.74) is 5.50. The first-order chi connectivity index (χ1) is 6.28. The van der Waals surface area contributed by atoms with Crippen LogP contribution in [0.4, 0.5) is 0 Å². The van der Waals surface area contributed by atoms with Crippen LogP contribution in [0.2, 0.25) is 0 Å². The summed E-state index contributed by atoms with van der Waals surface area (Å²) < 4.78 is 5.74. The Labute approximate surface area is 77.7 Å². The van der Waals surface area contributed by atoms with E-state index in [1.807, 2.05) is 6.21 Å². The minimum Gasteiger partial charge on any atom is -0.330 e. The van der Waals surface area contributed by atoms with E-state index in [4.69, 9.17) is 10.5 Å². The summed E-state index contributed by atoms with van der Waals surface area (Å²) in [5.74, 6) is 0.648. The minimum absolute atomic E-state index is 0.129. The highest BCUT2D eigenvalue weighted by Crippen LogP contribution is 2.39. The van der Waals surface area contributed by atoms with Crippen LogP contribution in [0.5, 0.6) is 0 Å². The largest absolute Gasteiger partial charge is 0.330 e. The van der Waals surface area contributed by atoms with E-state index in [0.29, 0.717) is 5.92 Å². The van der Waals surface area contributed by atoms with Gasteiger partial charge < -0.3 is 9.64 Å². The van der Waals surface area contributed by atoms with E-state index in [1.54, 1.807) is 0 Å². The van der Waals surface area contributed by atoms with Crippen LogP contribution in [0.25, 0.3) is 0 Å². The molecule has 4 nitrogen and oxygen atoms in total. The minimum atomic E-state index is -0.416. The molecular weight excluding hydrogens is 166 g/mol. The van der Waals surface area contributed by atoms with Gasteiger partial charge in [-0.1, -0.05) is 0 Å². The first kappa shape index (κ1) is 7.91. The van der Waals surface area contributed by atoms with E-state index in [9.17, 15) is 0 Å². The van der Waals surface area contributed by atoms with Crippen molar-refractivity contribution >= 4 is 6.21 Å². The Balaban J connectivity index is 1.88. The highest BCUT2D eigenvalue weighted by Gasteiger charge is 2.49. The lowest BCUT2D eigenvalue weighted by atomic mass is 9.76. The van der Waals surface area contributed by atoms with Crippen LogP contribution >= 0.6 is 0 Å². The average molecular weight is 181 g/mol. The van der Waals surface area contributed by atoms with Gasteiger partial charge in [0, 0.05) is 12.8 Å². The van der Waals surface area contributed by atoms with Gasteiger partial charge in [-0.05, 0) is 31.8 Å². The fraction of sp³-hybridized carbons (Fsp3) is 0.889. The molecule has 3 saturated heterocycles. The van der Waals surface area contributed by atoms with Crippen LogP contribution in [0.15, 0.2) is 4.99 Å². The molecule has 0 aliphatic carbocycles. The van der Waals surface area contributed by atoms with Crippen LogP contribution in [0, 0.1) is 5.92 Å². The molecule has 0 aromatic carbocycles. The molecule has 0 aromatic rings. The molecule has 0 saturated carbocycles. The molecule has 4 heteroatoms. The van der Waals surface area contributed by atoms with Gasteiger partial charge in [0.2, 0.25) is 6.35 Å². The van der Waals surface area contributed by atoms with Crippen molar-refractivity contribution in [1.29, 1.82) is 0 Å². The molecule has 2 N–H and O–H groups in total. The van der Waals surface area contributed by atoms with E-state index in [0.717, 1.165) is 6.54 Å². The highest BCUT2D eigenvalue weighted by atomic mass is 16.5. The number of nitrogens with zero attached hydrogens (tertiary/aromatic N) is 2. The maximum absolute atomic E-state index is 5.74. The van der Waals surface area contributed by atoms with Gasteiger partial charge >= 0.3 is 0 Å². The van der Waals surface area contributed by atoms with Crippen molar-refractivity contribution in [3.05, 3.63) is 0 Å². The number of nitrogens with two attached hydrogens (primary N) is 1. The standard InChI is InChI=1S/C9H15N3O/c10-8-11-5-9(13-8)6-12-3-1-7(9)2-4-12/h5,7-8H,1-4,6,10H2. The molecule has 4 aliphatic heterocycles. The van der Waals surface area contributed by atoms with Crippen LogP contribution in [-0.2, 0) is 4.74 Å². The number of piperidine rings is 3. The molecule has 4 heterocycles. The van der Waals surface area contributed by atoms with E-state index < -0.39 is 6.35 Å². The van der Waals surface area contributed by atoms with Gasteiger partial charge in [0.15, 0.2) is 0 Å². The van der Waals surface area contributed by atoms with E-state index in [1.165, 1.54) is 25.9 Å². The zero-order valence-electron chi connectivity index (χ0n) is 7.65. The third-order valence-electron chi connectivity index (χ3n) is 3.53. The first-order valence-electron chi connectivity index (χ1n) is 4.99. The van der Waals surface area contributed by atoms with E-state index in [2.05, 4.69) is 9.89 Å². The molecule has 2 unspecified atom stereocenters. The Hall–Kier alpha value is -0.450. The lowest BCUT2D eigenvalue weighted by Crippen LogP contribution is -2.60. The van der Waals surface area contributed by atoms with Crippen LogP contribution in [0.1, 0.15) is 12.8 Å². The highest BCUT2D eigenvalue weighted by molar-refractivity contribution is 5.72. The Morgan fingerprint density at radius 1 is 1.46 bits per heavy atom. The van der Waals surface area contributed by atoms with Gasteiger partial charge in [-0.3, -0.25) is 5.73 Å². The van der Waals surface area contributed by atoms with Crippen molar-refractivity contribution in [2.45, 2.75) is 24.8 Å². The predicted molar refractivity (Wildman–Crippen MR) is 49.4 cm³/mol. The molecule has 4 rings (SSSR count). The summed E-state index contributed by atoms with van der Waals surface area (Å²) in [6, 6.07) is 0. The second-order valence-corrected chi connectivity index (χ2v) is 4.29. The van der Waals surface area contributed by atoms with Crippen LogP contribution in [-0.4, -0.2) is 42.7 Å². The lowest BCUT2D eigenvalue weighted by Gasteiger charge is -2.49. The van der Waals surface area contributed by atoms with Crippen molar-refractivity contribution in [3.8, 4) is 0 Å². The van der Waals surface area contributed by atoms with Crippen LogP contribution in [0.3, 0.4) is 0 Å². The maximum Gasteiger partial charge on any atom is 0.202 e. The van der Waals surface area contributed by atoms with Crippen molar-refractivity contribution in [2.24, 2.45) is 16.6 Å². The van der Waals surface area contributed by atoms with Gasteiger partial charge in [0.1, 0.15) is 5.60 Å². The molecule has 0 aromatic heterocycles. The van der Waals surface area contributed by atoms with Gasteiger partial charge in [-0.15, -0.1) is 0 Å². The smallest absolute Gasteiger partial charge is 0.202 e. The maximum atomic E-state index is 5.74. The average Bonchev–Trinajstić information content (AvgIpc) is 2.49. The SMILES string of the molecule is NC1N=CC2(CN3CCC2CC3)O1. The summed E-state index contributed by atoms with van der Waals surface area (Å²) in [7, 11) is 0. The molecule has 0 amide bonds. The topological polar surface area (TPSA) is 50.8 Å². The summed E-state index contributed by atoms with van der Waals surface area (Å²) in [6.07, 6.45) is 4.01. The monoisotopic (exact) mass is 181 g/mol. The molecule has 2 bridgehead atoms. The zero-order valence-corrected chi connectivity index (χ0v) is 7.65. The summed E-state index contributed by atoms with van der Waals surface area (Å²) in [4.78, 5) is 6.58. The first-order valence-corrected chi connectivity index (χ1v) is 4.99. The van der Waals surface area contributed by atoms with E-state index in [-0.39, 0.29) is 5.60 Å². The third-order valence-corrected chi connectivity index (χ3v) is 3.53. The molecule has 1 spiro atoms. The lowest BCUT2D eigenvalue weighted by molar-refractivity contribution is -0.119. The summed E-state index contributed by atoms with van der Waals surface area (Å²) in [5, 5.41) is 0. The van der Waals surface area contributed by atoms with Crippen LogP contribution < -0.4 is 5.73 Å². The second-order valence-electron chi connectivity index (χ2n) is 4.29. The van der Waals surface area contributed by atoms with Gasteiger partial charge in [-0.2, -0.15) is 0 Å². The molecule has 13 heavy (non-hydrogen) atoms. The Bertz CT molecular complexity index is 247. The van der Waals surface area contributed by atoms with Gasteiger partial charge in [0.25, 0.3) is 0 Å². The second kappa shape index (κ2) is 2.53. The number of rotatable bonds is 0. The third kappa shape index (κ3) is 1.06. The fourth-order valence-corrected chi connectivity index (χ4v) is 2.82. The summed E-state index contributed by atoms with van der Waals surface area (Å²) >= 11 is 0. The van der Waals surface area contributed by atoms with Crippen molar-refractivity contribution in [1.82, 2.24) is 4.90 Å². The molecule has 4 aliphatic rings. The van der Waals surface area contributed by atoms with Gasteiger partial charge in [-0.25, -0.2) is 4.99 Å². The Morgan fingerprint density at radius 3 is 2.69 bits per heavy atom. The van der Waals surface area contributed by atoms with Gasteiger partial charge in [0.05, 0.1) is 0 Å². The number of ether oxygens (including phenoxy) is 1.